The van der Waals surface area contributed by atoms with Crippen LogP contribution in [0.4, 0.5) is 0 Å². The first-order valence-corrected chi connectivity index (χ1v) is 9.70. The minimum atomic E-state index is -3.62. The molecule has 134 valence electrons. The normalized spacial score (nSPS) is 18.7. The summed E-state index contributed by atoms with van der Waals surface area (Å²) in [6, 6.07) is 6.05. The van der Waals surface area contributed by atoms with Gasteiger partial charge in [0.2, 0.25) is 5.91 Å². The van der Waals surface area contributed by atoms with Crippen LogP contribution in [-0.4, -0.2) is 48.6 Å². The van der Waals surface area contributed by atoms with Gasteiger partial charge in [-0.15, -0.1) is 0 Å². The van der Waals surface area contributed by atoms with Crippen molar-refractivity contribution in [3.05, 3.63) is 34.9 Å². The number of aryl methyl sites for hydroxylation is 2. The Kier molecular flexibility index (Phi) is 6.01. The third-order valence-electron chi connectivity index (χ3n) is 4.09. The molecule has 1 saturated heterocycles. The lowest BCUT2D eigenvalue weighted by Gasteiger charge is -2.34. The molecule has 0 atom stereocenters. The van der Waals surface area contributed by atoms with Gasteiger partial charge < -0.3 is 5.32 Å². The zero-order valence-corrected chi connectivity index (χ0v) is 15.7. The van der Waals surface area contributed by atoms with E-state index in [1.165, 1.54) is 8.61 Å². The molecule has 1 aliphatic rings. The summed E-state index contributed by atoms with van der Waals surface area (Å²) in [4.78, 5) is 11.9. The topological polar surface area (TPSA) is 69.7 Å². The predicted molar refractivity (Wildman–Crippen MR) is 94.7 cm³/mol. The molecule has 0 aliphatic carbocycles. The summed E-state index contributed by atoms with van der Waals surface area (Å²) in [6.07, 6.45) is 0.721. The van der Waals surface area contributed by atoms with Gasteiger partial charge in [0.15, 0.2) is 0 Å². The number of nitrogens with one attached hydrogen (secondary N) is 1. The van der Waals surface area contributed by atoms with E-state index in [4.69, 9.17) is 0 Å². The minimum Gasteiger partial charge on any atom is -0.353 e. The average Bonchev–Trinajstić information content (AvgIpc) is 2.46. The number of hydrogen-bond acceptors (Lipinski definition) is 3. The monoisotopic (exact) mass is 353 g/mol. The van der Waals surface area contributed by atoms with Crippen LogP contribution in [0.25, 0.3) is 0 Å². The number of amides is 1. The fourth-order valence-electron chi connectivity index (χ4n) is 2.83. The summed E-state index contributed by atoms with van der Waals surface area (Å²) in [5.74, 6) is -0.262. The standard InChI is InChI=1S/C17H27N3O3S/c1-13(2)18-17(21)12-20-9-5-8-19(24(20,22)23)11-16-10-14(3)6-7-15(16)4/h6-7,10,13H,5,8-9,11-12H2,1-4H3,(H,18,21). The molecule has 1 fully saturated rings. The lowest BCUT2D eigenvalue weighted by atomic mass is 10.1. The van der Waals surface area contributed by atoms with Gasteiger partial charge >= 0.3 is 0 Å². The smallest absolute Gasteiger partial charge is 0.282 e. The Morgan fingerprint density at radius 2 is 1.88 bits per heavy atom. The summed E-state index contributed by atoms with van der Waals surface area (Å²) in [5.41, 5.74) is 3.19. The molecule has 1 heterocycles. The van der Waals surface area contributed by atoms with E-state index in [0.717, 1.165) is 23.1 Å². The van der Waals surface area contributed by atoms with Gasteiger partial charge in [0.25, 0.3) is 10.2 Å². The minimum absolute atomic E-state index is 0.00367. The van der Waals surface area contributed by atoms with Gasteiger partial charge in [0.05, 0.1) is 6.54 Å². The van der Waals surface area contributed by atoms with Crippen LogP contribution in [0.5, 0.6) is 0 Å². The Bertz CT molecular complexity index is 701. The Labute approximate surface area is 145 Å². The van der Waals surface area contributed by atoms with E-state index in [0.29, 0.717) is 19.6 Å². The van der Waals surface area contributed by atoms with Crippen LogP contribution in [0, 0.1) is 13.8 Å². The fraction of sp³-hybridized carbons (Fsp3) is 0.588. The zero-order valence-electron chi connectivity index (χ0n) is 14.9. The van der Waals surface area contributed by atoms with E-state index in [1.807, 2.05) is 45.9 Å². The van der Waals surface area contributed by atoms with Crippen LogP contribution in [0.3, 0.4) is 0 Å². The van der Waals surface area contributed by atoms with E-state index in [1.54, 1.807) is 0 Å². The molecule has 0 radical (unpaired) electrons. The van der Waals surface area contributed by atoms with E-state index in [2.05, 4.69) is 5.32 Å². The summed E-state index contributed by atoms with van der Waals surface area (Å²) in [5, 5.41) is 2.75. The summed E-state index contributed by atoms with van der Waals surface area (Å²) in [6.45, 7) is 8.79. The number of carbonyl (C=O) groups is 1. The fourth-order valence-corrected chi connectivity index (χ4v) is 4.46. The van der Waals surface area contributed by atoms with Gasteiger partial charge in [-0.2, -0.15) is 17.0 Å². The van der Waals surface area contributed by atoms with Crippen molar-refractivity contribution < 1.29 is 13.2 Å². The van der Waals surface area contributed by atoms with Crippen LogP contribution >= 0.6 is 0 Å². The molecule has 1 N–H and O–H groups in total. The second kappa shape index (κ2) is 7.63. The Morgan fingerprint density at radius 1 is 1.21 bits per heavy atom. The van der Waals surface area contributed by atoms with Crippen molar-refractivity contribution in [2.75, 3.05) is 19.6 Å². The van der Waals surface area contributed by atoms with E-state index in [-0.39, 0.29) is 18.5 Å². The first-order chi connectivity index (χ1) is 11.2. The maximum Gasteiger partial charge on any atom is 0.282 e. The van der Waals surface area contributed by atoms with Crippen molar-refractivity contribution in [3.8, 4) is 0 Å². The zero-order chi connectivity index (χ0) is 17.9. The van der Waals surface area contributed by atoms with Gasteiger partial charge in [-0.05, 0) is 45.2 Å². The van der Waals surface area contributed by atoms with Crippen LogP contribution in [-0.2, 0) is 21.5 Å². The Morgan fingerprint density at radius 3 is 2.54 bits per heavy atom. The second-order valence-electron chi connectivity index (χ2n) is 6.68. The van der Waals surface area contributed by atoms with Gasteiger partial charge in [-0.25, -0.2) is 0 Å². The molecular weight excluding hydrogens is 326 g/mol. The Hall–Kier alpha value is -1.44. The maximum atomic E-state index is 12.8. The maximum absolute atomic E-state index is 12.8. The van der Waals surface area contributed by atoms with Crippen molar-refractivity contribution in [1.29, 1.82) is 0 Å². The number of benzene rings is 1. The van der Waals surface area contributed by atoms with Gasteiger partial charge in [0.1, 0.15) is 0 Å². The highest BCUT2D eigenvalue weighted by Gasteiger charge is 2.34. The first kappa shape index (κ1) is 18.9. The molecule has 0 spiro atoms. The van der Waals surface area contributed by atoms with Gasteiger partial charge in [0, 0.05) is 25.7 Å². The summed E-state index contributed by atoms with van der Waals surface area (Å²) < 4.78 is 28.4. The van der Waals surface area contributed by atoms with Crippen molar-refractivity contribution in [2.24, 2.45) is 0 Å². The van der Waals surface area contributed by atoms with E-state index < -0.39 is 10.2 Å². The van der Waals surface area contributed by atoms with Crippen molar-refractivity contribution in [1.82, 2.24) is 13.9 Å². The van der Waals surface area contributed by atoms with Crippen LogP contribution in [0.2, 0.25) is 0 Å². The second-order valence-corrected chi connectivity index (χ2v) is 8.61. The molecule has 0 saturated carbocycles. The quantitative estimate of drug-likeness (QED) is 0.874. The largest absolute Gasteiger partial charge is 0.353 e. The van der Waals surface area contributed by atoms with Crippen LogP contribution in [0.15, 0.2) is 18.2 Å². The lowest BCUT2D eigenvalue weighted by Crippen LogP contribution is -2.52. The third kappa shape index (κ3) is 4.55. The van der Waals surface area contributed by atoms with Gasteiger partial charge in [-0.3, -0.25) is 4.79 Å². The first-order valence-electron chi connectivity index (χ1n) is 8.31. The molecule has 1 aromatic carbocycles. The molecule has 1 aromatic rings. The highest BCUT2D eigenvalue weighted by atomic mass is 32.2. The number of hydrogen-bond donors (Lipinski definition) is 1. The molecule has 1 amide bonds. The van der Waals surface area contributed by atoms with Crippen LogP contribution in [0.1, 0.15) is 37.0 Å². The average molecular weight is 353 g/mol. The van der Waals surface area contributed by atoms with Crippen molar-refractivity contribution in [3.63, 3.8) is 0 Å². The SMILES string of the molecule is Cc1ccc(C)c(CN2CCCN(CC(=O)NC(C)C)S2(=O)=O)c1. The van der Waals surface area contributed by atoms with E-state index in [9.17, 15) is 13.2 Å². The molecular formula is C17H27N3O3S. The van der Waals surface area contributed by atoms with Crippen LogP contribution < -0.4 is 5.32 Å². The molecule has 0 bridgehead atoms. The molecule has 1 aliphatic heterocycles. The lowest BCUT2D eigenvalue weighted by molar-refractivity contribution is -0.121. The van der Waals surface area contributed by atoms with Crippen molar-refractivity contribution >= 4 is 16.1 Å². The van der Waals surface area contributed by atoms with Crippen molar-refractivity contribution in [2.45, 2.75) is 46.7 Å². The van der Waals surface area contributed by atoms with E-state index >= 15 is 0 Å². The Balaban J connectivity index is 2.14. The summed E-state index contributed by atoms with van der Waals surface area (Å²) >= 11 is 0. The highest BCUT2D eigenvalue weighted by Crippen LogP contribution is 2.21. The number of nitrogens with zero attached hydrogens (tertiary/aromatic N) is 2. The molecule has 0 unspecified atom stereocenters. The molecule has 7 heteroatoms. The highest BCUT2D eigenvalue weighted by molar-refractivity contribution is 7.86. The summed E-state index contributed by atoms with van der Waals surface area (Å²) in [7, 11) is -3.62. The number of carbonyl (C=O) groups excluding carboxylic acids is 1. The predicted octanol–water partition coefficient (Wildman–Crippen LogP) is 1.58. The molecule has 2 rings (SSSR count). The third-order valence-corrected chi connectivity index (χ3v) is 6.02. The molecule has 24 heavy (non-hydrogen) atoms. The molecule has 0 aromatic heterocycles. The van der Waals surface area contributed by atoms with Gasteiger partial charge in [-0.1, -0.05) is 23.8 Å². The number of rotatable bonds is 5. The molecule has 6 nitrogen and oxygen atoms in total.